The topological polar surface area (TPSA) is 53.5 Å². The SMILES string of the molecule is CC(C)CN=C1NC(=O)C(C)(c2ccc(Br)cc2)N1. The van der Waals surface area contributed by atoms with Gasteiger partial charge in [-0.05, 0) is 30.5 Å². The number of nitrogens with zero attached hydrogens (tertiary/aromatic N) is 1. The maximum Gasteiger partial charge on any atom is 0.256 e. The summed E-state index contributed by atoms with van der Waals surface area (Å²) in [4.78, 5) is 16.5. The first-order valence-corrected chi connectivity index (χ1v) is 7.11. The number of hydrogen-bond acceptors (Lipinski definition) is 2. The lowest BCUT2D eigenvalue weighted by molar-refractivity contribution is -0.123. The number of carbonyl (C=O) groups is 1. The largest absolute Gasteiger partial charge is 0.338 e. The molecule has 1 unspecified atom stereocenters. The molecular formula is C14H18BrN3O. The Balaban J connectivity index is 2.22. The zero-order chi connectivity index (χ0) is 14.0. The van der Waals surface area contributed by atoms with Crippen LogP contribution in [-0.4, -0.2) is 18.4 Å². The summed E-state index contributed by atoms with van der Waals surface area (Å²) in [5.41, 5.74) is 0.166. The fraction of sp³-hybridized carbons (Fsp3) is 0.429. The van der Waals surface area contributed by atoms with Crippen LogP contribution in [0.15, 0.2) is 33.7 Å². The van der Waals surface area contributed by atoms with Gasteiger partial charge in [0.2, 0.25) is 0 Å². The van der Waals surface area contributed by atoms with Gasteiger partial charge in [0, 0.05) is 11.0 Å². The Hall–Kier alpha value is -1.36. The highest BCUT2D eigenvalue weighted by Gasteiger charge is 2.42. The Morgan fingerprint density at radius 1 is 1.32 bits per heavy atom. The number of halogens is 1. The lowest BCUT2D eigenvalue weighted by atomic mass is 9.92. The molecule has 1 atom stereocenters. The lowest BCUT2D eigenvalue weighted by Crippen LogP contribution is -2.40. The van der Waals surface area contributed by atoms with Gasteiger partial charge in [-0.3, -0.25) is 15.1 Å². The summed E-state index contributed by atoms with van der Waals surface area (Å²) >= 11 is 3.39. The molecule has 1 heterocycles. The van der Waals surface area contributed by atoms with Crippen molar-refractivity contribution in [3.63, 3.8) is 0 Å². The van der Waals surface area contributed by atoms with E-state index in [2.05, 4.69) is 45.4 Å². The number of guanidine groups is 1. The third-order valence-corrected chi connectivity index (χ3v) is 3.62. The van der Waals surface area contributed by atoms with Gasteiger partial charge in [0.05, 0.1) is 0 Å². The number of aliphatic imine (C=N–C) groups is 1. The van der Waals surface area contributed by atoms with Crippen LogP contribution < -0.4 is 10.6 Å². The van der Waals surface area contributed by atoms with E-state index in [1.165, 1.54) is 0 Å². The number of carbonyl (C=O) groups excluding carboxylic acids is 1. The van der Waals surface area contributed by atoms with Gasteiger partial charge in [-0.1, -0.05) is 41.9 Å². The van der Waals surface area contributed by atoms with Crippen molar-refractivity contribution in [1.29, 1.82) is 0 Å². The van der Waals surface area contributed by atoms with Crippen LogP contribution in [0.25, 0.3) is 0 Å². The monoisotopic (exact) mass is 323 g/mol. The molecule has 0 bridgehead atoms. The fourth-order valence-electron chi connectivity index (χ4n) is 1.90. The minimum Gasteiger partial charge on any atom is -0.338 e. The van der Waals surface area contributed by atoms with Crippen molar-refractivity contribution in [1.82, 2.24) is 10.6 Å². The molecule has 1 amide bonds. The van der Waals surface area contributed by atoms with Gasteiger partial charge in [-0.25, -0.2) is 0 Å². The Kier molecular flexibility index (Phi) is 3.94. The summed E-state index contributed by atoms with van der Waals surface area (Å²) in [7, 11) is 0. The van der Waals surface area contributed by atoms with Gasteiger partial charge in [-0.15, -0.1) is 0 Å². The van der Waals surface area contributed by atoms with E-state index < -0.39 is 5.54 Å². The Bertz CT molecular complexity index is 510. The molecule has 5 heteroatoms. The highest BCUT2D eigenvalue weighted by Crippen LogP contribution is 2.25. The first kappa shape index (κ1) is 14.1. The van der Waals surface area contributed by atoms with Crippen molar-refractivity contribution in [2.24, 2.45) is 10.9 Å². The van der Waals surface area contributed by atoms with Crippen molar-refractivity contribution in [3.8, 4) is 0 Å². The summed E-state index contributed by atoms with van der Waals surface area (Å²) in [6.45, 7) is 6.74. The third-order valence-electron chi connectivity index (χ3n) is 3.09. The molecule has 1 saturated heterocycles. The van der Waals surface area contributed by atoms with Crippen LogP contribution in [-0.2, 0) is 10.3 Å². The van der Waals surface area contributed by atoms with E-state index in [4.69, 9.17) is 0 Å². The normalized spacial score (nSPS) is 24.7. The van der Waals surface area contributed by atoms with Gasteiger partial charge in [0.15, 0.2) is 5.96 Å². The molecule has 19 heavy (non-hydrogen) atoms. The average Bonchev–Trinajstić information content (AvgIpc) is 2.64. The molecule has 1 aromatic rings. The van der Waals surface area contributed by atoms with Crippen LogP contribution in [0.1, 0.15) is 26.3 Å². The quantitative estimate of drug-likeness (QED) is 0.897. The molecule has 0 saturated carbocycles. The molecule has 1 aliphatic heterocycles. The van der Waals surface area contributed by atoms with Crippen LogP contribution in [0.5, 0.6) is 0 Å². The predicted octanol–water partition coefficient (Wildman–Crippen LogP) is 2.40. The van der Waals surface area contributed by atoms with E-state index in [9.17, 15) is 4.79 Å². The second-order valence-electron chi connectivity index (χ2n) is 5.29. The van der Waals surface area contributed by atoms with E-state index in [1.807, 2.05) is 31.2 Å². The number of benzene rings is 1. The number of nitrogens with one attached hydrogen (secondary N) is 2. The van der Waals surface area contributed by atoms with E-state index in [0.717, 1.165) is 10.0 Å². The molecule has 0 spiro atoms. The molecule has 1 aromatic carbocycles. The first-order chi connectivity index (χ1) is 8.91. The van der Waals surface area contributed by atoms with Gasteiger partial charge in [0.25, 0.3) is 5.91 Å². The fourth-order valence-corrected chi connectivity index (χ4v) is 2.16. The summed E-state index contributed by atoms with van der Waals surface area (Å²) in [6, 6.07) is 7.72. The summed E-state index contributed by atoms with van der Waals surface area (Å²) < 4.78 is 0.993. The van der Waals surface area contributed by atoms with Crippen molar-refractivity contribution < 1.29 is 4.79 Å². The third kappa shape index (κ3) is 2.97. The second-order valence-corrected chi connectivity index (χ2v) is 6.21. The number of amides is 1. The Morgan fingerprint density at radius 3 is 2.53 bits per heavy atom. The van der Waals surface area contributed by atoms with Crippen LogP contribution in [0.2, 0.25) is 0 Å². The highest BCUT2D eigenvalue weighted by atomic mass is 79.9. The first-order valence-electron chi connectivity index (χ1n) is 6.32. The highest BCUT2D eigenvalue weighted by molar-refractivity contribution is 9.10. The summed E-state index contributed by atoms with van der Waals surface area (Å²) in [6.07, 6.45) is 0. The maximum atomic E-state index is 12.2. The molecule has 0 radical (unpaired) electrons. The van der Waals surface area contributed by atoms with E-state index >= 15 is 0 Å². The zero-order valence-electron chi connectivity index (χ0n) is 11.3. The van der Waals surface area contributed by atoms with E-state index in [0.29, 0.717) is 18.4 Å². The van der Waals surface area contributed by atoms with Gasteiger partial charge in [-0.2, -0.15) is 0 Å². The van der Waals surface area contributed by atoms with E-state index in [1.54, 1.807) is 0 Å². The van der Waals surface area contributed by atoms with Gasteiger partial charge < -0.3 is 5.32 Å². The van der Waals surface area contributed by atoms with E-state index in [-0.39, 0.29) is 5.91 Å². The number of hydrogen-bond donors (Lipinski definition) is 2. The van der Waals surface area contributed by atoms with Crippen molar-refractivity contribution >= 4 is 27.8 Å². The predicted molar refractivity (Wildman–Crippen MR) is 79.9 cm³/mol. The Morgan fingerprint density at radius 2 is 1.95 bits per heavy atom. The minimum atomic E-state index is -0.753. The molecule has 4 nitrogen and oxygen atoms in total. The molecule has 0 aromatic heterocycles. The molecule has 102 valence electrons. The minimum absolute atomic E-state index is 0.0719. The zero-order valence-corrected chi connectivity index (χ0v) is 12.9. The van der Waals surface area contributed by atoms with Crippen molar-refractivity contribution in [2.45, 2.75) is 26.3 Å². The molecule has 2 rings (SSSR count). The standard InChI is InChI=1S/C14H18BrN3O/c1-9(2)8-16-13-17-12(19)14(3,18-13)10-4-6-11(15)7-5-10/h4-7,9H,8H2,1-3H3,(H2,16,17,18,19). The summed E-state index contributed by atoms with van der Waals surface area (Å²) in [5.74, 6) is 0.951. The maximum absolute atomic E-state index is 12.2. The molecular weight excluding hydrogens is 306 g/mol. The molecule has 1 aliphatic rings. The average molecular weight is 324 g/mol. The van der Waals surface area contributed by atoms with Crippen molar-refractivity contribution in [3.05, 3.63) is 34.3 Å². The van der Waals surface area contributed by atoms with Crippen LogP contribution in [0, 0.1) is 5.92 Å². The van der Waals surface area contributed by atoms with Crippen LogP contribution >= 0.6 is 15.9 Å². The van der Waals surface area contributed by atoms with Gasteiger partial charge >= 0.3 is 0 Å². The van der Waals surface area contributed by atoms with Crippen molar-refractivity contribution in [2.75, 3.05) is 6.54 Å². The van der Waals surface area contributed by atoms with Crippen LogP contribution in [0.3, 0.4) is 0 Å². The smallest absolute Gasteiger partial charge is 0.256 e. The summed E-state index contributed by atoms with van der Waals surface area (Å²) in [5, 5.41) is 5.98. The lowest BCUT2D eigenvalue weighted by Gasteiger charge is -2.21. The molecule has 1 fully saturated rings. The second kappa shape index (κ2) is 5.33. The van der Waals surface area contributed by atoms with Gasteiger partial charge in [0.1, 0.15) is 5.54 Å². The molecule has 0 aliphatic carbocycles. The Labute approximate surface area is 121 Å². The van der Waals surface area contributed by atoms with Crippen LogP contribution in [0.4, 0.5) is 0 Å². The molecule has 2 N–H and O–H groups in total. The number of rotatable bonds is 3.